The summed E-state index contributed by atoms with van der Waals surface area (Å²) in [7, 11) is 0. The minimum absolute atomic E-state index is 0.685. The van der Waals surface area contributed by atoms with Crippen molar-refractivity contribution in [1.82, 2.24) is 0 Å². The molecule has 1 aromatic carbocycles. The molecule has 1 rings (SSSR count). The largest absolute Gasteiger partial charge is 0.411 e. The van der Waals surface area contributed by atoms with E-state index in [-0.39, 0.29) is 0 Å². The number of rotatable bonds is 0. The van der Waals surface area contributed by atoms with E-state index in [9.17, 15) is 0 Å². The summed E-state index contributed by atoms with van der Waals surface area (Å²) in [4.78, 5) is 0. The van der Waals surface area contributed by atoms with E-state index in [1.807, 2.05) is 36.4 Å². The zero-order valence-electron chi connectivity index (χ0n) is 6.86. The van der Waals surface area contributed by atoms with Gasteiger partial charge in [0, 0.05) is 0 Å². The second-order valence-corrected chi connectivity index (χ2v) is 2.20. The highest BCUT2D eigenvalue weighted by Crippen LogP contribution is 1.79. The van der Waals surface area contributed by atoms with E-state index < -0.39 is 0 Å². The van der Waals surface area contributed by atoms with Crippen LogP contribution in [0, 0.1) is 0 Å². The monoisotopic (exact) mass is 151 g/mol. The van der Waals surface area contributed by atoms with Crippen LogP contribution in [-0.4, -0.2) is 10.9 Å². The Bertz CT molecular complexity index is 163. The molecule has 0 radical (unpaired) electrons. The fourth-order valence-electron chi connectivity index (χ4n) is 0.385. The first kappa shape index (κ1) is 9.69. The molecule has 2 heteroatoms. The van der Waals surface area contributed by atoms with Crippen LogP contribution >= 0.6 is 0 Å². The van der Waals surface area contributed by atoms with Crippen molar-refractivity contribution in [3.63, 3.8) is 0 Å². The predicted octanol–water partition coefficient (Wildman–Crippen LogP) is 2.54. The Kier molecular flexibility index (Phi) is 5.99. The van der Waals surface area contributed by atoms with Gasteiger partial charge in [0.15, 0.2) is 0 Å². The molecule has 0 unspecified atom stereocenters. The van der Waals surface area contributed by atoms with E-state index in [0.717, 1.165) is 0 Å². The zero-order valence-corrected chi connectivity index (χ0v) is 6.86. The molecular formula is C9H13NO. The molecule has 0 aliphatic carbocycles. The van der Waals surface area contributed by atoms with Gasteiger partial charge >= 0.3 is 0 Å². The summed E-state index contributed by atoms with van der Waals surface area (Å²) < 4.78 is 0. The van der Waals surface area contributed by atoms with E-state index in [1.54, 1.807) is 13.8 Å². The van der Waals surface area contributed by atoms with Gasteiger partial charge in [0.05, 0.1) is 5.71 Å². The minimum atomic E-state index is 0.685. The van der Waals surface area contributed by atoms with E-state index in [2.05, 4.69) is 5.16 Å². The predicted molar refractivity (Wildman–Crippen MR) is 47.0 cm³/mol. The summed E-state index contributed by atoms with van der Waals surface area (Å²) in [5.74, 6) is 0. The molecule has 0 fully saturated rings. The van der Waals surface area contributed by atoms with Crippen LogP contribution < -0.4 is 0 Å². The van der Waals surface area contributed by atoms with Gasteiger partial charge in [-0.15, -0.1) is 0 Å². The summed E-state index contributed by atoms with van der Waals surface area (Å²) in [6, 6.07) is 12.0. The Balaban J connectivity index is 0.000000187. The van der Waals surface area contributed by atoms with Crippen molar-refractivity contribution < 1.29 is 5.21 Å². The molecule has 0 saturated heterocycles. The molecule has 60 valence electrons. The summed E-state index contributed by atoms with van der Waals surface area (Å²) in [5, 5.41) is 10.5. The lowest BCUT2D eigenvalue weighted by Crippen LogP contribution is -1.74. The summed E-state index contributed by atoms with van der Waals surface area (Å²) in [6.45, 7) is 3.44. The first-order chi connectivity index (χ1) is 5.27. The van der Waals surface area contributed by atoms with Crippen LogP contribution in [0.15, 0.2) is 41.6 Å². The summed E-state index contributed by atoms with van der Waals surface area (Å²) in [5.41, 5.74) is 0.685. The normalized spacial score (nSPS) is 7.45. The number of benzene rings is 1. The fraction of sp³-hybridized carbons (Fsp3) is 0.222. The lowest BCUT2D eigenvalue weighted by atomic mass is 10.4. The number of oxime groups is 1. The van der Waals surface area contributed by atoms with Gasteiger partial charge in [-0.2, -0.15) is 0 Å². The molecule has 0 atom stereocenters. The lowest BCUT2D eigenvalue weighted by Gasteiger charge is -1.72. The highest BCUT2D eigenvalue weighted by atomic mass is 16.4. The maximum absolute atomic E-state index is 7.73. The fourth-order valence-corrected chi connectivity index (χ4v) is 0.385. The highest BCUT2D eigenvalue weighted by molar-refractivity contribution is 5.78. The Hall–Kier alpha value is -1.31. The van der Waals surface area contributed by atoms with Crippen LogP contribution in [-0.2, 0) is 0 Å². The maximum Gasteiger partial charge on any atom is 0.0509 e. The van der Waals surface area contributed by atoms with E-state index in [0.29, 0.717) is 5.71 Å². The van der Waals surface area contributed by atoms with Gasteiger partial charge in [-0.25, -0.2) is 0 Å². The van der Waals surface area contributed by atoms with Crippen LogP contribution in [0.2, 0.25) is 0 Å². The Labute approximate surface area is 67.2 Å². The van der Waals surface area contributed by atoms with E-state index in [4.69, 9.17) is 5.21 Å². The minimum Gasteiger partial charge on any atom is -0.411 e. The van der Waals surface area contributed by atoms with Crippen molar-refractivity contribution in [1.29, 1.82) is 0 Å². The average Bonchev–Trinajstić information content (AvgIpc) is 2.09. The third kappa shape index (κ3) is 8.69. The zero-order chi connectivity index (χ0) is 8.53. The van der Waals surface area contributed by atoms with Gasteiger partial charge in [0.25, 0.3) is 0 Å². The summed E-state index contributed by atoms with van der Waals surface area (Å²) >= 11 is 0. The molecule has 0 heterocycles. The molecule has 0 amide bonds. The molecule has 0 aliphatic rings. The van der Waals surface area contributed by atoms with Gasteiger partial charge < -0.3 is 5.21 Å². The maximum atomic E-state index is 7.73. The van der Waals surface area contributed by atoms with E-state index >= 15 is 0 Å². The van der Waals surface area contributed by atoms with Crippen molar-refractivity contribution in [2.45, 2.75) is 13.8 Å². The van der Waals surface area contributed by atoms with E-state index in [1.165, 1.54) is 0 Å². The van der Waals surface area contributed by atoms with Crippen molar-refractivity contribution in [2.75, 3.05) is 0 Å². The number of nitrogens with zero attached hydrogens (tertiary/aromatic N) is 1. The third-order valence-electron chi connectivity index (χ3n) is 0.867. The molecule has 1 N–H and O–H groups in total. The second-order valence-electron chi connectivity index (χ2n) is 2.20. The van der Waals surface area contributed by atoms with Gasteiger partial charge in [0.1, 0.15) is 0 Å². The molecule has 11 heavy (non-hydrogen) atoms. The molecule has 0 saturated carbocycles. The van der Waals surface area contributed by atoms with Crippen molar-refractivity contribution in [2.24, 2.45) is 5.16 Å². The van der Waals surface area contributed by atoms with Crippen molar-refractivity contribution in [3.8, 4) is 0 Å². The molecule has 0 spiro atoms. The van der Waals surface area contributed by atoms with Crippen LogP contribution in [0.3, 0.4) is 0 Å². The number of hydrogen-bond acceptors (Lipinski definition) is 2. The SMILES string of the molecule is CC(C)=NO.c1ccccc1. The summed E-state index contributed by atoms with van der Waals surface area (Å²) in [6.07, 6.45) is 0. The smallest absolute Gasteiger partial charge is 0.0509 e. The molecule has 2 nitrogen and oxygen atoms in total. The van der Waals surface area contributed by atoms with Crippen LogP contribution in [0.25, 0.3) is 0 Å². The average molecular weight is 151 g/mol. The van der Waals surface area contributed by atoms with Crippen LogP contribution in [0.1, 0.15) is 13.8 Å². The molecular weight excluding hydrogens is 138 g/mol. The first-order valence-electron chi connectivity index (χ1n) is 3.42. The quantitative estimate of drug-likeness (QED) is 0.345. The second kappa shape index (κ2) is 6.81. The Morgan fingerprint density at radius 1 is 0.909 bits per heavy atom. The molecule has 0 bridgehead atoms. The topological polar surface area (TPSA) is 32.6 Å². The molecule has 1 aromatic rings. The van der Waals surface area contributed by atoms with Crippen LogP contribution in [0.4, 0.5) is 0 Å². The Morgan fingerprint density at radius 3 is 1.18 bits per heavy atom. The molecule has 0 aliphatic heterocycles. The van der Waals surface area contributed by atoms with Gasteiger partial charge in [-0.1, -0.05) is 41.6 Å². The lowest BCUT2D eigenvalue weighted by molar-refractivity contribution is 0.318. The van der Waals surface area contributed by atoms with Crippen molar-refractivity contribution in [3.05, 3.63) is 36.4 Å². The van der Waals surface area contributed by atoms with Crippen molar-refractivity contribution >= 4 is 5.71 Å². The Morgan fingerprint density at radius 2 is 1.09 bits per heavy atom. The third-order valence-corrected chi connectivity index (χ3v) is 0.867. The first-order valence-corrected chi connectivity index (χ1v) is 3.42. The standard InChI is InChI=1S/C6H6.C3H7NO/c1-2-4-6-5-3-1;1-3(2)4-5/h1-6H;5H,1-2H3. The molecule has 0 aromatic heterocycles. The number of hydrogen-bond donors (Lipinski definition) is 1. The van der Waals surface area contributed by atoms with Gasteiger partial charge in [0.2, 0.25) is 0 Å². The van der Waals surface area contributed by atoms with Gasteiger partial charge in [-0.3, -0.25) is 0 Å². The van der Waals surface area contributed by atoms with Crippen LogP contribution in [0.5, 0.6) is 0 Å². The van der Waals surface area contributed by atoms with Gasteiger partial charge in [-0.05, 0) is 13.8 Å². The highest BCUT2D eigenvalue weighted by Gasteiger charge is 1.65.